The number of halogens is 4. The molecule has 25 heavy (non-hydrogen) atoms. The monoisotopic (exact) mass is 415 g/mol. The van der Waals surface area contributed by atoms with E-state index in [-0.39, 0.29) is 0 Å². The van der Waals surface area contributed by atoms with Gasteiger partial charge in [-0.2, -0.15) is 13.2 Å². The van der Waals surface area contributed by atoms with Crippen LogP contribution in [0.3, 0.4) is 0 Å². The standard InChI is InChI=1S/C17H17BrF3N3O/c18-12-3-4-13-14(8-12)22-6-5-15(13)24-7-1-2-11(9-24)16(25)23-10-17(19,20)21/h3-6,8,11H,1-2,7,9-10H2,(H,23,25). The SMILES string of the molecule is O=C(NCC(F)(F)F)C1CCCN(c2ccnc3cc(Br)ccc23)C1. The summed E-state index contributed by atoms with van der Waals surface area (Å²) in [6, 6.07) is 7.67. The van der Waals surface area contributed by atoms with Gasteiger partial charge in [-0.25, -0.2) is 0 Å². The number of benzene rings is 1. The fraction of sp³-hybridized carbons (Fsp3) is 0.412. The maximum Gasteiger partial charge on any atom is 0.405 e. The van der Waals surface area contributed by atoms with Crippen LogP contribution in [0.5, 0.6) is 0 Å². The molecule has 0 spiro atoms. The minimum atomic E-state index is -4.39. The number of piperidine rings is 1. The number of fused-ring (bicyclic) bond motifs is 1. The lowest BCUT2D eigenvalue weighted by molar-refractivity contribution is -0.140. The number of aromatic nitrogens is 1. The Morgan fingerprint density at radius 1 is 1.36 bits per heavy atom. The van der Waals surface area contributed by atoms with Gasteiger partial charge >= 0.3 is 6.18 Å². The average Bonchev–Trinajstić information content (AvgIpc) is 2.58. The summed E-state index contributed by atoms with van der Waals surface area (Å²) in [4.78, 5) is 18.5. The maximum absolute atomic E-state index is 12.3. The predicted molar refractivity (Wildman–Crippen MR) is 93.4 cm³/mol. The molecule has 1 fully saturated rings. The van der Waals surface area contributed by atoms with E-state index in [1.807, 2.05) is 29.6 Å². The van der Waals surface area contributed by atoms with E-state index in [4.69, 9.17) is 0 Å². The normalized spacial score (nSPS) is 18.4. The van der Waals surface area contributed by atoms with Crippen LogP contribution < -0.4 is 10.2 Å². The third-order valence-electron chi connectivity index (χ3n) is 4.28. The van der Waals surface area contributed by atoms with Crippen LogP contribution in [0.4, 0.5) is 18.9 Å². The maximum atomic E-state index is 12.3. The van der Waals surface area contributed by atoms with Crippen LogP contribution in [0.25, 0.3) is 10.9 Å². The molecule has 1 aliphatic rings. The van der Waals surface area contributed by atoms with Crippen LogP contribution in [0.2, 0.25) is 0 Å². The minimum absolute atomic E-state index is 0.402. The van der Waals surface area contributed by atoms with Crippen LogP contribution in [0, 0.1) is 5.92 Å². The molecule has 8 heteroatoms. The molecule has 2 aromatic rings. The Kier molecular flexibility index (Phi) is 5.17. The van der Waals surface area contributed by atoms with Crippen molar-refractivity contribution in [1.29, 1.82) is 0 Å². The minimum Gasteiger partial charge on any atom is -0.370 e. The topological polar surface area (TPSA) is 45.2 Å². The zero-order valence-corrected chi connectivity index (χ0v) is 14.9. The molecule has 3 rings (SSSR count). The Hall–Kier alpha value is -1.83. The zero-order valence-electron chi connectivity index (χ0n) is 13.3. The number of pyridine rings is 1. The van der Waals surface area contributed by atoms with Gasteiger partial charge in [0.1, 0.15) is 6.54 Å². The molecule has 1 N–H and O–H groups in total. The number of nitrogens with one attached hydrogen (secondary N) is 1. The molecule has 1 aliphatic heterocycles. The summed E-state index contributed by atoms with van der Waals surface area (Å²) < 4.78 is 37.8. The highest BCUT2D eigenvalue weighted by Crippen LogP contribution is 2.30. The highest BCUT2D eigenvalue weighted by atomic mass is 79.9. The fourth-order valence-electron chi connectivity index (χ4n) is 3.12. The molecule has 0 bridgehead atoms. The molecule has 4 nitrogen and oxygen atoms in total. The number of carbonyl (C=O) groups excluding carboxylic acids is 1. The smallest absolute Gasteiger partial charge is 0.370 e. The number of hydrogen-bond acceptors (Lipinski definition) is 3. The highest BCUT2D eigenvalue weighted by molar-refractivity contribution is 9.10. The van der Waals surface area contributed by atoms with Gasteiger partial charge < -0.3 is 10.2 Å². The van der Waals surface area contributed by atoms with Crippen LogP contribution in [-0.4, -0.2) is 36.7 Å². The van der Waals surface area contributed by atoms with Crippen molar-refractivity contribution in [2.45, 2.75) is 19.0 Å². The van der Waals surface area contributed by atoms with E-state index in [2.05, 4.69) is 25.8 Å². The van der Waals surface area contributed by atoms with Gasteiger partial charge in [-0.3, -0.25) is 9.78 Å². The van der Waals surface area contributed by atoms with Crippen molar-refractivity contribution in [2.24, 2.45) is 5.92 Å². The van der Waals surface area contributed by atoms with E-state index in [1.165, 1.54) is 0 Å². The second-order valence-electron chi connectivity index (χ2n) is 6.11. The largest absolute Gasteiger partial charge is 0.405 e. The summed E-state index contributed by atoms with van der Waals surface area (Å²) in [7, 11) is 0. The third kappa shape index (κ3) is 4.42. The number of hydrogen-bond donors (Lipinski definition) is 1. The molecule has 2 heterocycles. The van der Waals surface area contributed by atoms with Crippen LogP contribution in [0.1, 0.15) is 12.8 Å². The highest BCUT2D eigenvalue weighted by Gasteiger charge is 2.31. The molecule has 0 radical (unpaired) electrons. The van der Waals surface area contributed by atoms with Crippen molar-refractivity contribution in [2.75, 3.05) is 24.5 Å². The molecule has 0 saturated carbocycles. The van der Waals surface area contributed by atoms with E-state index >= 15 is 0 Å². The Morgan fingerprint density at radius 2 is 2.16 bits per heavy atom. The van der Waals surface area contributed by atoms with Gasteiger partial charge in [0, 0.05) is 34.8 Å². The molecule has 1 saturated heterocycles. The van der Waals surface area contributed by atoms with Crippen LogP contribution >= 0.6 is 15.9 Å². The van der Waals surface area contributed by atoms with Gasteiger partial charge in [-0.15, -0.1) is 0 Å². The Bertz CT molecular complexity index is 781. The van der Waals surface area contributed by atoms with E-state index < -0.39 is 24.5 Å². The lowest BCUT2D eigenvalue weighted by Crippen LogP contribution is -2.45. The van der Waals surface area contributed by atoms with Crippen LogP contribution in [0.15, 0.2) is 34.9 Å². The predicted octanol–water partition coefficient (Wildman–Crippen LogP) is 3.89. The Balaban J connectivity index is 1.77. The second kappa shape index (κ2) is 7.19. The average molecular weight is 416 g/mol. The first-order valence-corrected chi connectivity index (χ1v) is 8.76. The first-order valence-electron chi connectivity index (χ1n) is 7.97. The van der Waals surface area contributed by atoms with Gasteiger partial charge in [-0.1, -0.05) is 15.9 Å². The molecule has 134 valence electrons. The number of nitrogens with zero attached hydrogens (tertiary/aromatic N) is 2. The zero-order chi connectivity index (χ0) is 18.0. The first kappa shape index (κ1) is 18.0. The first-order chi connectivity index (χ1) is 11.8. The van der Waals surface area contributed by atoms with Gasteiger partial charge in [-0.05, 0) is 37.1 Å². The fourth-order valence-corrected chi connectivity index (χ4v) is 3.47. The van der Waals surface area contributed by atoms with Crippen molar-refractivity contribution in [1.82, 2.24) is 10.3 Å². The summed E-state index contributed by atoms with van der Waals surface area (Å²) in [5.41, 5.74) is 1.78. The molecule has 1 unspecified atom stereocenters. The molecular weight excluding hydrogens is 399 g/mol. The quantitative estimate of drug-likeness (QED) is 0.826. The third-order valence-corrected chi connectivity index (χ3v) is 4.77. The summed E-state index contributed by atoms with van der Waals surface area (Å²) in [5.74, 6) is -0.988. The lowest BCUT2D eigenvalue weighted by atomic mass is 9.96. The number of alkyl halides is 3. The van der Waals surface area contributed by atoms with Gasteiger partial charge in [0.05, 0.1) is 11.4 Å². The van der Waals surface area contributed by atoms with E-state index in [0.717, 1.165) is 34.0 Å². The van der Waals surface area contributed by atoms with E-state index in [0.29, 0.717) is 13.0 Å². The van der Waals surface area contributed by atoms with Gasteiger partial charge in [0.15, 0.2) is 0 Å². The molecule has 1 amide bonds. The summed E-state index contributed by atoms with van der Waals surface area (Å²) in [6.45, 7) is -0.119. The molecule has 1 aromatic heterocycles. The number of rotatable bonds is 3. The molecular formula is C17H17BrF3N3O. The lowest BCUT2D eigenvalue weighted by Gasteiger charge is -2.34. The van der Waals surface area contributed by atoms with Crippen molar-refractivity contribution < 1.29 is 18.0 Å². The van der Waals surface area contributed by atoms with Gasteiger partial charge in [0.2, 0.25) is 5.91 Å². The number of carbonyl (C=O) groups is 1. The van der Waals surface area contributed by atoms with Crippen molar-refractivity contribution in [3.05, 3.63) is 34.9 Å². The van der Waals surface area contributed by atoms with Crippen molar-refractivity contribution in [3.8, 4) is 0 Å². The van der Waals surface area contributed by atoms with Gasteiger partial charge in [0.25, 0.3) is 0 Å². The second-order valence-corrected chi connectivity index (χ2v) is 7.03. The van der Waals surface area contributed by atoms with E-state index in [1.54, 1.807) is 6.20 Å². The molecule has 1 atom stereocenters. The van der Waals surface area contributed by atoms with Crippen LogP contribution in [-0.2, 0) is 4.79 Å². The summed E-state index contributed by atoms with van der Waals surface area (Å²) in [6.07, 6.45) is -1.34. The Labute approximate surface area is 151 Å². The number of amides is 1. The summed E-state index contributed by atoms with van der Waals surface area (Å²) in [5, 5.41) is 2.96. The Morgan fingerprint density at radius 3 is 2.92 bits per heavy atom. The molecule has 0 aliphatic carbocycles. The van der Waals surface area contributed by atoms with Crippen molar-refractivity contribution >= 4 is 38.4 Å². The summed E-state index contributed by atoms with van der Waals surface area (Å²) >= 11 is 3.42. The van der Waals surface area contributed by atoms with Crippen molar-refractivity contribution in [3.63, 3.8) is 0 Å². The molecule has 1 aromatic carbocycles. The van der Waals surface area contributed by atoms with E-state index in [9.17, 15) is 18.0 Å². The number of anilines is 1.